The van der Waals surface area contributed by atoms with E-state index in [0.29, 0.717) is 23.5 Å². The number of hydrogen-bond acceptors (Lipinski definition) is 8. The minimum Gasteiger partial charge on any atom is -0.494 e. The average molecular weight is 401 g/mol. The fraction of sp³-hybridized carbons (Fsp3) is 0.250. The SMILES string of the molecule is COC(=O)c1cc(NC(=O)CCCOc2ccc(N)c(C(=O)OC)c2)ccc1N. The lowest BCUT2D eigenvalue weighted by molar-refractivity contribution is -0.116. The van der Waals surface area contributed by atoms with E-state index in [1.807, 2.05) is 0 Å². The molecule has 0 aliphatic carbocycles. The minimum absolute atomic E-state index is 0.179. The number of rotatable bonds is 8. The van der Waals surface area contributed by atoms with Gasteiger partial charge in [0, 0.05) is 23.5 Å². The Labute approximate surface area is 167 Å². The molecule has 0 radical (unpaired) electrons. The number of anilines is 3. The highest BCUT2D eigenvalue weighted by Gasteiger charge is 2.13. The summed E-state index contributed by atoms with van der Waals surface area (Å²) in [5.74, 6) is -0.938. The molecule has 0 saturated carbocycles. The van der Waals surface area contributed by atoms with Gasteiger partial charge in [0.1, 0.15) is 5.75 Å². The predicted octanol–water partition coefficient (Wildman–Crippen LogP) is 2.22. The molecule has 0 aliphatic rings. The summed E-state index contributed by atoms with van der Waals surface area (Å²) < 4.78 is 14.9. The Hall–Kier alpha value is -3.75. The summed E-state index contributed by atoms with van der Waals surface area (Å²) in [5, 5.41) is 2.69. The van der Waals surface area contributed by atoms with Crippen molar-refractivity contribution in [3.63, 3.8) is 0 Å². The zero-order valence-electron chi connectivity index (χ0n) is 16.2. The Kier molecular flexibility index (Phi) is 7.41. The first-order valence-electron chi connectivity index (χ1n) is 8.74. The lowest BCUT2D eigenvalue weighted by Gasteiger charge is -2.10. The van der Waals surface area contributed by atoms with Crippen molar-refractivity contribution in [1.82, 2.24) is 0 Å². The zero-order valence-corrected chi connectivity index (χ0v) is 16.2. The van der Waals surface area contributed by atoms with Crippen molar-refractivity contribution in [2.24, 2.45) is 0 Å². The van der Waals surface area contributed by atoms with E-state index in [2.05, 4.69) is 14.8 Å². The lowest BCUT2D eigenvalue weighted by atomic mass is 10.1. The molecule has 2 aromatic rings. The van der Waals surface area contributed by atoms with Crippen LogP contribution >= 0.6 is 0 Å². The quantitative estimate of drug-likeness (QED) is 0.347. The number of methoxy groups -OCH3 is 2. The molecule has 0 fully saturated rings. The lowest BCUT2D eigenvalue weighted by Crippen LogP contribution is -2.14. The summed E-state index contributed by atoms with van der Waals surface area (Å²) in [4.78, 5) is 35.4. The number of hydrogen-bond donors (Lipinski definition) is 3. The summed E-state index contributed by atoms with van der Waals surface area (Å²) in [5.41, 5.74) is 12.8. The number of carbonyl (C=O) groups excluding carboxylic acids is 3. The van der Waals surface area contributed by atoms with Crippen LogP contribution in [0, 0.1) is 0 Å². The van der Waals surface area contributed by atoms with Crippen LogP contribution in [0.5, 0.6) is 5.75 Å². The Morgan fingerprint density at radius 2 is 1.48 bits per heavy atom. The van der Waals surface area contributed by atoms with Gasteiger partial charge in [0.25, 0.3) is 0 Å². The van der Waals surface area contributed by atoms with Crippen molar-refractivity contribution >= 4 is 34.9 Å². The molecule has 2 rings (SSSR count). The van der Waals surface area contributed by atoms with E-state index in [9.17, 15) is 14.4 Å². The maximum atomic E-state index is 12.1. The second-order valence-electron chi connectivity index (χ2n) is 6.03. The molecule has 9 nitrogen and oxygen atoms in total. The molecule has 5 N–H and O–H groups in total. The highest BCUT2D eigenvalue weighted by molar-refractivity contribution is 5.98. The second kappa shape index (κ2) is 9.98. The van der Waals surface area contributed by atoms with Gasteiger partial charge in [-0.3, -0.25) is 4.79 Å². The fourth-order valence-electron chi connectivity index (χ4n) is 2.48. The first-order chi connectivity index (χ1) is 13.8. The number of esters is 2. The molecule has 0 saturated heterocycles. The minimum atomic E-state index is -0.582. The number of benzene rings is 2. The maximum absolute atomic E-state index is 12.1. The summed E-state index contributed by atoms with van der Waals surface area (Å²) in [6, 6.07) is 9.24. The van der Waals surface area contributed by atoms with Gasteiger partial charge >= 0.3 is 11.9 Å². The van der Waals surface area contributed by atoms with Crippen LogP contribution in [0.4, 0.5) is 17.1 Å². The van der Waals surface area contributed by atoms with Crippen molar-refractivity contribution in [3.8, 4) is 5.75 Å². The molecule has 29 heavy (non-hydrogen) atoms. The number of nitrogens with two attached hydrogens (primary N) is 2. The molecule has 0 heterocycles. The summed E-state index contributed by atoms with van der Waals surface area (Å²) in [6.45, 7) is 0.257. The molecular formula is C20H23N3O6. The molecule has 0 spiro atoms. The predicted molar refractivity (Wildman–Crippen MR) is 108 cm³/mol. The average Bonchev–Trinajstić information content (AvgIpc) is 2.72. The van der Waals surface area contributed by atoms with E-state index in [-0.39, 0.29) is 35.7 Å². The first kappa shape index (κ1) is 21.5. The van der Waals surface area contributed by atoms with Crippen LogP contribution in [0.3, 0.4) is 0 Å². The third-order valence-electron chi connectivity index (χ3n) is 3.99. The molecule has 0 unspecified atom stereocenters. The monoisotopic (exact) mass is 401 g/mol. The normalized spacial score (nSPS) is 10.1. The smallest absolute Gasteiger partial charge is 0.340 e. The second-order valence-corrected chi connectivity index (χ2v) is 6.03. The molecule has 0 bridgehead atoms. The first-order valence-corrected chi connectivity index (χ1v) is 8.74. The molecular weight excluding hydrogens is 378 g/mol. The van der Waals surface area contributed by atoms with Crippen molar-refractivity contribution in [2.45, 2.75) is 12.8 Å². The van der Waals surface area contributed by atoms with Crippen molar-refractivity contribution < 1.29 is 28.6 Å². The van der Waals surface area contributed by atoms with Crippen molar-refractivity contribution in [1.29, 1.82) is 0 Å². The van der Waals surface area contributed by atoms with E-state index in [1.165, 1.54) is 32.4 Å². The maximum Gasteiger partial charge on any atom is 0.340 e. The molecule has 0 aromatic heterocycles. The topological polar surface area (TPSA) is 143 Å². The number of ether oxygens (including phenoxy) is 3. The third kappa shape index (κ3) is 5.86. The molecule has 2 aromatic carbocycles. The number of carbonyl (C=O) groups is 3. The third-order valence-corrected chi connectivity index (χ3v) is 3.99. The Morgan fingerprint density at radius 3 is 2.10 bits per heavy atom. The van der Waals surface area contributed by atoms with Crippen LogP contribution in [0.1, 0.15) is 33.6 Å². The van der Waals surface area contributed by atoms with Gasteiger partial charge in [0.2, 0.25) is 5.91 Å². The largest absolute Gasteiger partial charge is 0.494 e. The van der Waals surface area contributed by atoms with Crippen molar-refractivity contribution in [3.05, 3.63) is 47.5 Å². The molecule has 0 atom stereocenters. The summed E-state index contributed by atoms with van der Waals surface area (Å²) >= 11 is 0. The fourth-order valence-corrected chi connectivity index (χ4v) is 2.48. The van der Waals surface area contributed by atoms with Crippen LogP contribution in [0.15, 0.2) is 36.4 Å². The van der Waals surface area contributed by atoms with Crippen LogP contribution in [0.25, 0.3) is 0 Å². The molecule has 9 heteroatoms. The van der Waals surface area contributed by atoms with E-state index >= 15 is 0 Å². The summed E-state index contributed by atoms with van der Waals surface area (Å²) in [7, 11) is 2.52. The number of nitrogen functional groups attached to an aromatic ring is 2. The van der Waals surface area contributed by atoms with Gasteiger partial charge < -0.3 is 31.0 Å². The highest BCUT2D eigenvalue weighted by Crippen LogP contribution is 2.21. The van der Waals surface area contributed by atoms with E-state index in [1.54, 1.807) is 18.2 Å². The van der Waals surface area contributed by atoms with E-state index in [4.69, 9.17) is 16.2 Å². The number of amides is 1. The van der Waals surface area contributed by atoms with E-state index in [0.717, 1.165) is 0 Å². The van der Waals surface area contributed by atoms with Gasteiger partial charge in [-0.1, -0.05) is 0 Å². The molecule has 154 valence electrons. The van der Waals surface area contributed by atoms with Gasteiger partial charge in [-0.15, -0.1) is 0 Å². The Bertz CT molecular complexity index is 913. The van der Waals surface area contributed by atoms with Crippen LogP contribution in [0.2, 0.25) is 0 Å². The number of nitrogens with one attached hydrogen (secondary N) is 1. The highest BCUT2D eigenvalue weighted by atomic mass is 16.5. The summed E-state index contributed by atoms with van der Waals surface area (Å²) in [6.07, 6.45) is 0.624. The van der Waals surface area contributed by atoms with Gasteiger partial charge in [0.15, 0.2) is 0 Å². The van der Waals surface area contributed by atoms with Crippen LogP contribution in [-0.2, 0) is 14.3 Å². The van der Waals surface area contributed by atoms with Gasteiger partial charge in [-0.05, 0) is 42.8 Å². The Balaban J connectivity index is 1.85. The van der Waals surface area contributed by atoms with Gasteiger partial charge in [0.05, 0.1) is 32.0 Å². The van der Waals surface area contributed by atoms with Gasteiger partial charge in [-0.2, -0.15) is 0 Å². The zero-order chi connectivity index (χ0) is 21.4. The van der Waals surface area contributed by atoms with Crippen LogP contribution < -0.4 is 21.5 Å². The van der Waals surface area contributed by atoms with Crippen LogP contribution in [-0.4, -0.2) is 38.7 Å². The van der Waals surface area contributed by atoms with E-state index < -0.39 is 11.9 Å². The Morgan fingerprint density at radius 1 is 0.897 bits per heavy atom. The van der Waals surface area contributed by atoms with Gasteiger partial charge in [-0.25, -0.2) is 9.59 Å². The molecule has 1 amide bonds. The standard InChI is InChI=1S/C20H23N3O6/c1-27-19(25)14-10-12(5-7-16(14)21)23-18(24)4-3-9-29-13-6-8-17(22)15(11-13)20(26)28-2/h5-8,10-11H,3-4,9,21-22H2,1-2H3,(H,23,24). The van der Waals surface area contributed by atoms with Crippen molar-refractivity contribution in [2.75, 3.05) is 37.6 Å². The molecule has 0 aliphatic heterocycles.